The molecule has 1 N–H and O–H groups in total. The van der Waals surface area contributed by atoms with E-state index in [1.54, 1.807) is 12.5 Å². The Labute approximate surface area is 140 Å². The highest BCUT2D eigenvalue weighted by Crippen LogP contribution is 2.50. The summed E-state index contributed by atoms with van der Waals surface area (Å²) in [5.41, 5.74) is 1.92. The van der Waals surface area contributed by atoms with E-state index in [4.69, 9.17) is 0 Å². The highest BCUT2D eigenvalue weighted by atomic mass is 32.2. The van der Waals surface area contributed by atoms with Crippen LogP contribution in [0, 0.1) is 0 Å². The highest BCUT2D eigenvalue weighted by Gasteiger charge is 2.58. The molecule has 8 heteroatoms. The van der Waals surface area contributed by atoms with E-state index in [9.17, 15) is 13.2 Å². The number of carbonyl (C=O) groups is 1. The third kappa shape index (κ3) is 2.59. The average molecular weight is 348 g/mol. The van der Waals surface area contributed by atoms with Crippen LogP contribution < -0.4 is 5.32 Å². The molecule has 0 radical (unpaired) electrons. The lowest BCUT2D eigenvalue weighted by Gasteiger charge is -2.32. The molecule has 2 aliphatic rings. The second-order valence-corrected chi connectivity index (χ2v) is 9.00. The number of imidazole rings is 1. The van der Waals surface area contributed by atoms with Gasteiger partial charge in [0.05, 0.1) is 29.3 Å². The topological polar surface area (TPSA) is 83.8 Å². The van der Waals surface area contributed by atoms with Crippen LogP contribution in [0.5, 0.6) is 0 Å². The summed E-state index contributed by atoms with van der Waals surface area (Å²) in [4.78, 5) is 16.2. The molecule has 0 unspecified atom stereocenters. The molecule has 1 saturated heterocycles. The lowest BCUT2D eigenvalue weighted by atomic mass is 10.2. The SMILES string of the molecule is O=C(CN1CCCC2(CC2)S1(=O)=O)NCc1ccc2cncn2c1. The van der Waals surface area contributed by atoms with Gasteiger partial charge >= 0.3 is 0 Å². The zero-order valence-electron chi connectivity index (χ0n) is 13.3. The molecule has 3 heterocycles. The van der Waals surface area contributed by atoms with Crippen LogP contribution in [0.25, 0.3) is 5.52 Å². The van der Waals surface area contributed by atoms with E-state index < -0.39 is 14.8 Å². The Balaban J connectivity index is 1.38. The van der Waals surface area contributed by atoms with Crippen LogP contribution in [0.4, 0.5) is 0 Å². The minimum Gasteiger partial charge on any atom is -0.351 e. The van der Waals surface area contributed by atoms with E-state index in [-0.39, 0.29) is 12.5 Å². The summed E-state index contributed by atoms with van der Waals surface area (Å²) >= 11 is 0. The fourth-order valence-electron chi connectivity index (χ4n) is 3.40. The van der Waals surface area contributed by atoms with Crippen molar-refractivity contribution >= 4 is 21.4 Å². The number of fused-ring (bicyclic) bond motifs is 1. The average Bonchev–Trinajstić information content (AvgIpc) is 3.19. The van der Waals surface area contributed by atoms with Crippen LogP contribution in [0.1, 0.15) is 31.2 Å². The van der Waals surface area contributed by atoms with Crippen LogP contribution >= 0.6 is 0 Å². The molecular formula is C16H20N4O3S. The number of nitrogens with one attached hydrogen (secondary N) is 1. The maximum absolute atomic E-state index is 12.6. The van der Waals surface area contributed by atoms with E-state index in [1.807, 2.05) is 22.7 Å². The van der Waals surface area contributed by atoms with Gasteiger partial charge in [0.1, 0.15) is 0 Å². The maximum Gasteiger partial charge on any atom is 0.235 e. The van der Waals surface area contributed by atoms with Gasteiger partial charge in [-0.05, 0) is 37.3 Å². The number of sulfonamides is 1. The fraction of sp³-hybridized carbons (Fsp3) is 0.500. The van der Waals surface area contributed by atoms with Gasteiger partial charge in [0, 0.05) is 19.3 Å². The Kier molecular flexibility index (Phi) is 3.61. The van der Waals surface area contributed by atoms with Crippen molar-refractivity contribution in [1.82, 2.24) is 19.0 Å². The van der Waals surface area contributed by atoms with Crippen molar-refractivity contribution in [3.05, 3.63) is 36.4 Å². The van der Waals surface area contributed by atoms with Gasteiger partial charge < -0.3 is 9.72 Å². The molecular weight excluding hydrogens is 328 g/mol. The summed E-state index contributed by atoms with van der Waals surface area (Å²) in [7, 11) is -3.33. The van der Waals surface area contributed by atoms with Crippen molar-refractivity contribution in [1.29, 1.82) is 0 Å². The van der Waals surface area contributed by atoms with E-state index >= 15 is 0 Å². The quantitative estimate of drug-likeness (QED) is 0.890. The van der Waals surface area contributed by atoms with Gasteiger partial charge in [0.25, 0.3) is 0 Å². The predicted octanol–water partition coefficient (Wildman–Crippen LogP) is 0.909. The first-order chi connectivity index (χ1) is 11.5. The first-order valence-corrected chi connectivity index (χ1v) is 9.61. The van der Waals surface area contributed by atoms with Gasteiger partial charge in [-0.3, -0.25) is 4.79 Å². The highest BCUT2D eigenvalue weighted by molar-refractivity contribution is 7.90. The number of hydrogen-bond donors (Lipinski definition) is 1. The number of aromatic nitrogens is 2. The van der Waals surface area contributed by atoms with Crippen LogP contribution in [0.2, 0.25) is 0 Å². The van der Waals surface area contributed by atoms with Gasteiger partial charge in [-0.25, -0.2) is 13.4 Å². The molecule has 24 heavy (non-hydrogen) atoms. The molecule has 0 bridgehead atoms. The first kappa shape index (κ1) is 15.6. The lowest BCUT2D eigenvalue weighted by Crippen LogP contribution is -2.49. The van der Waals surface area contributed by atoms with Crippen molar-refractivity contribution in [2.45, 2.75) is 37.0 Å². The van der Waals surface area contributed by atoms with Crippen LogP contribution in [0.15, 0.2) is 30.9 Å². The summed E-state index contributed by atoms with van der Waals surface area (Å²) in [5, 5.41) is 2.81. The Morgan fingerprint density at radius 3 is 2.92 bits per heavy atom. The van der Waals surface area contributed by atoms with Crippen molar-refractivity contribution in [2.75, 3.05) is 13.1 Å². The molecule has 0 aromatic carbocycles. The first-order valence-electron chi connectivity index (χ1n) is 8.17. The van der Waals surface area contributed by atoms with E-state index in [2.05, 4.69) is 10.3 Å². The molecule has 1 aliphatic carbocycles. The predicted molar refractivity (Wildman–Crippen MR) is 88.7 cm³/mol. The lowest BCUT2D eigenvalue weighted by molar-refractivity contribution is -0.121. The molecule has 0 atom stereocenters. The normalized spacial score (nSPS) is 21.8. The third-order valence-corrected chi connectivity index (χ3v) is 7.71. The number of amides is 1. The summed E-state index contributed by atoms with van der Waals surface area (Å²) < 4.78 is 27.8. The molecule has 1 saturated carbocycles. The van der Waals surface area contributed by atoms with Crippen LogP contribution in [0.3, 0.4) is 0 Å². The smallest absolute Gasteiger partial charge is 0.235 e. The Bertz CT molecular complexity index is 886. The molecule has 2 aromatic heterocycles. The monoisotopic (exact) mass is 348 g/mol. The number of carbonyl (C=O) groups excluding carboxylic acids is 1. The van der Waals surface area contributed by atoms with Crippen LogP contribution in [-0.4, -0.2) is 45.9 Å². The number of pyridine rings is 1. The van der Waals surface area contributed by atoms with E-state index in [0.29, 0.717) is 13.1 Å². The standard InChI is InChI=1S/C16H20N4O3S/c21-15(11-20-7-1-4-16(5-6-16)24(20,22)23)18-8-13-2-3-14-9-17-12-19(14)10-13/h2-3,9-10,12H,1,4-8,11H2,(H,18,21). The van der Waals surface area contributed by atoms with Crippen molar-refractivity contribution in [3.8, 4) is 0 Å². The number of rotatable bonds is 4. The maximum atomic E-state index is 12.6. The molecule has 128 valence electrons. The number of hydrogen-bond acceptors (Lipinski definition) is 4. The van der Waals surface area contributed by atoms with Gasteiger partial charge in [0.2, 0.25) is 15.9 Å². The van der Waals surface area contributed by atoms with Gasteiger partial charge in [0.15, 0.2) is 0 Å². The zero-order valence-corrected chi connectivity index (χ0v) is 14.1. The second kappa shape index (κ2) is 5.56. The van der Waals surface area contributed by atoms with Crippen molar-refractivity contribution in [3.63, 3.8) is 0 Å². The van der Waals surface area contributed by atoms with Crippen molar-refractivity contribution in [2.24, 2.45) is 0 Å². The number of nitrogens with zero attached hydrogens (tertiary/aromatic N) is 3. The molecule has 1 aliphatic heterocycles. The zero-order chi connectivity index (χ0) is 16.8. The Morgan fingerprint density at radius 1 is 1.29 bits per heavy atom. The third-order valence-electron chi connectivity index (χ3n) is 5.01. The fourth-order valence-corrected chi connectivity index (χ4v) is 5.62. The minimum absolute atomic E-state index is 0.0859. The van der Waals surface area contributed by atoms with E-state index in [0.717, 1.165) is 36.8 Å². The molecule has 4 rings (SSSR count). The Morgan fingerprint density at radius 2 is 2.12 bits per heavy atom. The molecule has 1 spiro atoms. The largest absolute Gasteiger partial charge is 0.351 e. The second-order valence-electron chi connectivity index (χ2n) is 6.67. The summed E-state index contributed by atoms with van der Waals surface area (Å²) in [6.45, 7) is 0.724. The molecule has 2 fully saturated rings. The summed E-state index contributed by atoms with van der Waals surface area (Å²) in [5.74, 6) is -0.262. The van der Waals surface area contributed by atoms with Crippen molar-refractivity contribution < 1.29 is 13.2 Å². The van der Waals surface area contributed by atoms with Crippen LogP contribution in [-0.2, 0) is 21.4 Å². The minimum atomic E-state index is -3.33. The summed E-state index contributed by atoms with van der Waals surface area (Å²) in [6.07, 6.45) is 8.41. The molecule has 7 nitrogen and oxygen atoms in total. The summed E-state index contributed by atoms with van der Waals surface area (Å²) in [6, 6.07) is 3.86. The molecule has 1 amide bonds. The van der Waals surface area contributed by atoms with Gasteiger partial charge in [-0.2, -0.15) is 4.31 Å². The molecule has 2 aromatic rings. The Hall–Kier alpha value is -1.93. The van der Waals surface area contributed by atoms with Gasteiger partial charge in [-0.1, -0.05) is 6.07 Å². The van der Waals surface area contributed by atoms with E-state index in [1.165, 1.54) is 4.31 Å². The van der Waals surface area contributed by atoms with Gasteiger partial charge in [-0.15, -0.1) is 0 Å².